The Bertz CT molecular complexity index is 100. The Kier molecular flexibility index (Phi) is 8.46. The molecule has 0 bridgehead atoms. The molecule has 0 spiro atoms. The molecule has 0 fully saturated rings. The maximum atomic E-state index is 5.44. The van der Waals surface area contributed by atoms with Gasteiger partial charge in [0.1, 0.15) is 0 Å². The molecule has 0 saturated carbocycles. The summed E-state index contributed by atoms with van der Waals surface area (Å²) >= 11 is 0. The summed E-state index contributed by atoms with van der Waals surface area (Å²) in [6.07, 6.45) is 6.29. The first kappa shape index (κ1) is 12.9. The summed E-state index contributed by atoms with van der Waals surface area (Å²) in [5.41, 5.74) is 5.44. The monoisotopic (exact) mass is 186 g/mol. The topological polar surface area (TPSA) is 29.3 Å². The first-order valence-electron chi connectivity index (χ1n) is 5.66. The van der Waals surface area contributed by atoms with Gasteiger partial charge in [-0.1, -0.05) is 20.3 Å². The van der Waals surface area contributed by atoms with Crippen molar-refractivity contribution in [1.29, 1.82) is 0 Å². The molecule has 2 nitrogen and oxygen atoms in total. The van der Waals surface area contributed by atoms with E-state index >= 15 is 0 Å². The molecule has 0 aromatic carbocycles. The van der Waals surface area contributed by atoms with E-state index < -0.39 is 0 Å². The van der Waals surface area contributed by atoms with E-state index in [2.05, 4.69) is 25.8 Å². The van der Waals surface area contributed by atoms with Gasteiger partial charge in [-0.3, -0.25) is 0 Å². The SMILES string of the molecule is CCC(CC)N(C)CCCCCN. The average molecular weight is 186 g/mol. The minimum absolute atomic E-state index is 0.776. The molecule has 0 aliphatic carbocycles. The average Bonchev–Trinajstić information content (AvgIpc) is 2.14. The Morgan fingerprint density at radius 2 is 1.69 bits per heavy atom. The van der Waals surface area contributed by atoms with E-state index in [1.807, 2.05) is 0 Å². The fourth-order valence-corrected chi connectivity index (χ4v) is 1.78. The third-order valence-corrected chi connectivity index (χ3v) is 2.78. The lowest BCUT2D eigenvalue weighted by Gasteiger charge is -2.25. The summed E-state index contributed by atoms with van der Waals surface area (Å²) in [6, 6.07) is 0.776. The highest BCUT2D eigenvalue weighted by atomic mass is 15.1. The fraction of sp³-hybridized carbons (Fsp3) is 1.00. The Labute approximate surface area is 83.5 Å². The highest BCUT2D eigenvalue weighted by Crippen LogP contribution is 2.07. The van der Waals surface area contributed by atoms with Crippen LogP contribution in [0, 0.1) is 0 Å². The van der Waals surface area contributed by atoms with Crippen LogP contribution in [0.4, 0.5) is 0 Å². The Balaban J connectivity index is 3.42. The molecular formula is C11H26N2. The minimum atomic E-state index is 0.776. The molecule has 0 atom stereocenters. The molecule has 0 heterocycles. The van der Waals surface area contributed by atoms with E-state index in [4.69, 9.17) is 5.73 Å². The van der Waals surface area contributed by atoms with Crippen molar-refractivity contribution in [2.24, 2.45) is 5.73 Å². The lowest BCUT2D eigenvalue weighted by Crippen LogP contribution is -2.31. The van der Waals surface area contributed by atoms with Crippen LogP contribution in [0.5, 0.6) is 0 Å². The number of nitrogens with zero attached hydrogens (tertiary/aromatic N) is 1. The summed E-state index contributed by atoms with van der Waals surface area (Å²) < 4.78 is 0. The highest BCUT2D eigenvalue weighted by molar-refractivity contribution is 4.64. The van der Waals surface area contributed by atoms with Crippen molar-refractivity contribution in [1.82, 2.24) is 4.90 Å². The molecule has 0 amide bonds. The van der Waals surface area contributed by atoms with E-state index in [9.17, 15) is 0 Å². The number of rotatable bonds is 8. The van der Waals surface area contributed by atoms with Gasteiger partial charge in [0.2, 0.25) is 0 Å². The molecule has 0 rings (SSSR count). The molecule has 13 heavy (non-hydrogen) atoms. The summed E-state index contributed by atoms with van der Waals surface area (Å²) in [5, 5.41) is 0. The van der Waals surface area contributed by atoms with Crippen molar-refractivity contribution < 1.29 is 0 Å². The van der Waals surface area contributed by atoms with Crippen LogP contribution in [0.2, 0.25) is 0 Å². The molecule has 0 aliphatic rings. The van der Waals surface area contributed by atoms with Crippen LogP contribution in [-0.2, 0) is 0 Å². The standard InChI is InChI=1S/C11H26N2/c1-4-11(5-2)13(3)10-8-6-7-9-12/h11H,4-10,12H2,1-3H3. The van der Waals surface area contributed by atoms with Gasteiger partial charge in [0.05, 0.1) is 0 Å². The van der Waals surface area contributed by atoms with Crippen LogP contribution in [0.1, 0.15) is 46.0 Å². The van der Waals surface area contributed by atoms with Gasteiger partial charge in [0, 0.05) is 6.04 Å². The smallest absolute Gasteiger partial charge is 0.00869 e. The summed E-state index contributed by atoms with van der Waals surface area (Å²) in [4.78, 5) is 2.48. The molecule has 0 radical (unpaired) electrons. The summed E-state index contributed by atoms with van der Waals surface area (Å²) in [7, 11) is 2.24. The van der Waals surface area contributed by atoms with Crippen molar-refractivity contribution in [3.05, 3.63) is 0 Å². The van der Waals surface area contributed by atoms with E-state index in [0.29, 0.717) is 0 Å². The largest absolute Gasteiger partial charge is 0.330 e. The maximum Gasteiger partial charge on any atom is 0.00869 e. The maximum absolute atomic E-state index is 5.44. The minimum Gasteiger partial charge on any atom is -0.330 e. The van der Waals surface area contributed by atoms with Crippen LogP contribution < -0.4 is 5.73 Å². The Morgan fingerprint density at radius 1 is 1.08 bits per heavy atom. The Morgan fingerprint density at radius 3 is 2.15 bits per heavy atom. The van der Waals surface area contributed by atoms with Gasteiger partial charge in [-0.2, -0.15) is 0 Å². The predicted octanol–water partition coefficient (Wildman–Crippen LogP) is 2.24. The first-order valence-corrected chi connectivity index (χ1v) is 5.66. The number of hydrogen-bond donors (Lipinski definition) is 1. The molecule has 0 aliphatic heterocycles. The van der Waals surface area contributed by atoms with Crippen molar-refractivity contribution in [2.75, 3.05) is 20.1 Å². The zero-order valence-corrected chi connectivity index (χ0v) is 9.55. The van der Waals surface area contributed by atoms with E-state index in [-0.39, 0.29) is 0 Å². The normalized spacial score (nSPS) is 11.5. The van der Waals surface area contributed by atoms with Gasteiger partial charge in [-0.15, -0.1) is 0 Å². The van der Waals surface area contributed by atoms with E-state index in [0.717, 1.165) is 12.6 Å². The van der Waals surface area contributed by atoms with Gasteiger partial charge in [-0.05, 0) is 45.8 Å². The van der Waals surface area contributed by atoms with Gasteiger partial charge < -0.3 is 10.6 Å². The predicted molar refractivity (Wildman–Crippen MR) is 59.9 cm³/mol. The third kappa shape index (κ3) is 6.05. The van der Waals surface area contributed by atoms with Crippen LogP contribution in [-0.4, -0.2) is 31.1 Å². The van der Waals surface area contributed by atoms with Gasteiger partial charge in [0.25, 0.3) is 0 Å². The zero-order chi connectivity index (χ0) is 10.1. The molecule has 0 aromatic heterocycles. The first-order chi connectivity index (χ1) is 6.26. The second-order valence-electron chi connectivity index (χ2n) is 3.80. The van der Waals surface area contributed by atoms with Gasteiger partial charge >= 0.3 is 0 Å². The van der Waals surface area contributed by atoms with Crippen molar-refractivity contribution in [3.63, 3.8) is 0 Å². The van der Waals surface area contributed by atoms with E-state index in [1.165, 1.54) is 38.6 Å². The van der Waals surface area contributed by atoms with Gasteiger partial charge in [-0.25, -0.2) is 0 Å². The number of nitrogens with two attached hydrogens (primary N) is 1. The van der Waals surface area contributed by atoms with Crippen LogP contribution in [0.3, 0.4) is 0 Å². The fourth-order valence-electron chi connectivity index (χ4n) is 1.78. The lowest BCUT2D eigenvalue weighted by atomic mass is 10.1. The number of hydrogen-bond acceptors (Lipinski definition) is 2. The molecule has 0 saturated heterocycles. The third-order valence-electron chi connectivity index (χ3n) is 2.78. The summed E-state index contributed by atoms with van der Waals surface area (Å²) in [6.45, 7) is 6.61. The van der Waals surface area contributed by atoms with Crippen molar-refractivity contribution in [2.45, 2.75) is 52.0 Å². The van der Waals surface area contributed by atoms with Crippen LogP contribution >= 0.6 is 0 Å². The molecule has 2 N–H and O–H groups in total. The van der Waals surface area contributed by atoms with E-state index in [1.54, 1.807) is 0 Å². The van der Waals surface area contributed by atoms with Gasteiger partial charge in [0.15, 0.2) is 0 Å². The van der Waals surface area contributed by atoms with Crippen molar-refractivity contribution >= 4 is 0 Å². The molecule has 2 heteroatoms. The van der Waals surface area contributed by atoms with Crippen LogP contribution in [0.15, 0.2) is 0 Å². The second kappa shape index (κ2) is 8.52. The number of unbranched alkanes of at least 4 members (excludes halogenated alkanes) is 2. The molecule has 0 unspecified atom stereocenters. The van der Waals surface area contributed by atoms with Crippen molar-refractivity contribution in [3.8, 4) is 0 Å². The second-order valence-corrected chi connectivity index (χ2v) is 3.80. The highest BCUT2D eigenvalue weighted by Gasteiger charge is 2.08. The quantitative estimate of drug-likeness (QED) is 0.589. The molecule has 80 valence electrons. The molecular weight excluding hydrogens is 160 g/mol. The lowest BCUT2D eigenvalue weighted by molar-refractivity contribution is 0.225. The zero-order valence-electron chi connectivity index (χ0n) is 9.55. The van der Waals surface area contributed by atoms with Crippen LogP contribution in [0.25, 0.3) is 0 Å². The molecule has 0 aromatic rings. The Hall–Kier alpha value is -0.0800. The summed E-state index contributed by atoms with van der Waals surface area (Å²) in [5.74, 6) is 0.